The third-order valence-electron chi connectivity index (χ3n) is 3.01. The summed E-state index contributed by atoms with van der Waals surface area (Å²) in [6, 6.07) is -0.237. The van der Waals surface area contributed by atoms with E-state index in [-0.39, 0.29) is 30.9 Å². The lowest BCUT2D eigenvalue weighted by atomic mass is 10.3. The number of urea groups is 1. The van der Waals surface area contributed by atoms with Crippen molar-refractivity contribution in [2.24, 2.45) is 0 Å². The van der Waals surface area contributed by atoms with Gasteiger partial charge in [0.25, 0.3) is 0 Å². The SMILES string of the molecule is CCCNC(=O)CN(CCC)CC(=O)NC(=O)NC1CC1. The van der Waals surface area contributed by atoms with Crippen LogP contribution in [0.5, 0.6) is 0 Å². The van der Waals surface area contributed by atoms with Gasteiger partial charge in [-0.25, -0.2) is 4.79 Å². The van der Waals surface area contributed by atoms with Crippen LogP contribution in [0, 0.1) is 0 Å². The van der Waals surface area contributed by atoms with Gasteiger partial charge in [0.15, 0.2) is 0 Å². The Balaban J connectivity index is 2.31. The summed E-state index contributed by atoms with van der Waals surface area (Å²) >= 11 is 0. The van der Waals surface area contributed by atoms with Gasteiger partial charge in [-0.15, -0.1) is 0 Å². The van der Waals surface area contributed by atoms with Gasteiger partial charge in [0.1, 0.15) is 0 Å². The largest absolute Gasteiger partial charge is 0.355 e. The van der Waals surface area contributed by atoms with Gasteiger partial charge in [-0.2, -0.15) is 0 Å². The van der Waals surface area contributed by atoms with Gasteiger partial charge < -0.3 is 10.6 Å². The first kappa shape index (κ1) is 17.4. The van der Waals surface area contributed by atoms with Gasteiger partial charge in [-0.05, 0) is 32.2 Å². The normalized spacial score (nSPS) is 13.9. The molecule has 0 aromatic rings. The predicted molar refractivity (Wildman–Crippen MR) is 79.7 cm³/mol. The monoisotopic (exact) mass is 298 g/mol. The van der Waals surface area contributed by atoms with E-state index in [9.17, 15) is 14.4 Å². The van der Waals surface area contributed by atoms with Crippen LogP contribution < -0.4 is 16.0 Å². The molecule has 0 aromatic heterocycles. The predicted octanol–water partition coefficient (Wildman–Crippen LogP) is 0.213. The molecular formula is C14H26N4O3. The molecule has 21 heavy (non-hydrogen) atoms. The van der Waals surface area contributed by atoms with Crippen molar-refractivity contribution in [1.29, 1.82) is 0 Å². The Bertz CT molecular complexity index is 369. The lowest BCUT2D eigenvalue weighted by Gasteiger charge is -2.20. The van der Waals surface area contributed by atoms with E-state index in [1.54, 1.807) is 4.90 Å². The number of carbonyl (C=O) groups excluding carboxylic acids is 3. The summed E-state index contributed by atoms with van der Waals surface area (Å²) in [7, 11) is 0. The van der Waals surface area contributed by atoms with Crippen LogP contribution in [-0.4, -0.2) is 55.0 Å². The van der Waals surface area contributed by atoms with E-state index < -0.39 is 6.03 Å². The van der Waals surface area contributed by atoms with E-state index in [0.29, 0.717) is 13.1 Å². The maximum atomic E-state index is 11.8. The molecule has 7 heteroatoms. The van der Waals surface area contributed by atoms with Crippen molar-refractivity contribution < 1.29 is 14.4 Å². The maximum Gasteiger partial charge on any atom is 0.321 e. The van der Waals surface area contributed by atoms with Crippen molar-refractivity contribution >= 4 is 17.8 Å². The van der Waals surface area contributed by atoms with E-state index in [2.05, 4.69) is 16.0 Å². The summed E-state index contributed by atoms with van der Waals surface area (Å²) in [4.78, 5) is 36.7. The summed E-state index contributed by atoms with van der Waals surface area (Å²) < 4.78 is 0. The molecule has 1 fully saturated rings. The van der Waals surface area contributed by atoms with Crippen molar-refractivity contribution in [3.8, 4) is 0 Å². The second-order valence-electron chi connectivity index (χ2n) is 5.36. The lowest BCUT2D eigenvalue weighted by molar-refractivity contribution is -0.124. The molecule has 0 atom stereocenters. The highest BCUT2D eigenvalue weighted by Gasteiger charge is 2.24. The fourth-order valence-electron chi connectivity index (χ4n) is 1.87. The van der Waals surface area contributed by atoms with Crippen molar-refractivity contribution in [3.63, 3.8) is 0 Å². The lowest BCUT2D eigenvalue weighted by Crippen LogP contribution is -2.47. The molecule has 0 heterocycles. The quantitative estimate of drug-likeness (QED) is 0.568. The zero-order valence-corrected chi connectivity index (χ0v) is 12.9. The Kier molecular flexibility index (Phi) is 7.74. The van der Waals surface area contributed by atoms with Gasteiger partial charge >= 0.3 is 6.03 Å². The van der Waals surface area contributed by atoms with Gasteiger partial charge in [0.05, 0.1) is 13.1 Å². The fraction of sp³-hybridized carbons (Fsp3) is 0.786. The topological polar surface area (TPSA) is 90.5 Å². The van der Waals surface area contributed by atoms with E-state index >= 15 is 0 Å². The molecule has 0 saturated heterocycles. The van der Waals surface area contributed by atoms with Gasteiger partial charge in [-0.3, -0.25) is 19.8 Å². The van der Waals surface area contributed by atoms with Gasteiger partial charge in [0.2, 0.25) is 11.8 Å². The zero-order chi connectivity index (χ0) is 15.7. The highest BCUT2D eigenvalue weighted by molar-refractivity contribution is 5.95. The van der Waals surface area contributed by atoms with Gasteiger partial charge in [0, 0.05) is 12.6 Å². The standard InChI is InChI=1S/C14H26N4O3/c1-3-7-15-12(19)9-18(8-4-2)10-13(20)17-14(21)16-11-5-6-11/h11H,3-10H2,1-2H3,(H,15,19)(H2,16,17,20,21). The van der Waals surface area contributed by atoms with Crippen molar-refractivity contribution in [1.82, 2.24) is 20.9 Å². The minimum absolute atomic E-state index is 0.0471. The number of amides is 4. The maximum absolute atomic E-state index is 11.8. The summed E-state index contributed by atoms with van der Waals surface area (Å²) in [6.07, 6.45) is 3.66. The average Bonchev–Trinajstić information content (AvgIpc) is 3.20. The van der Waals surface area contributed by atoms with Crippen LogP contribution in [0.4, 0.5) is 4.79 Å². The number of nitrogens with zero attached hydrogens (tertiary/aromatic N) is 1. The molecule has 0 aromatic carbocycles. The molecule has 1 aliphatic carbocycles. The number of carbonyl (C=O) groups is 3. The minimum atomic E-state index is -0.450. The van der Waals surface area contributed by atoms with Crippen LogP contribution in [0.2, 0.25) is 0 Å². The van der Waals surface area contributed by atoms with Crippen LogP contribution in [-0.2, 0) is 9.59 Å². The number of nitrogens with one attached hydrogen (secondary N) is 3. The molecule has 120 valence electrons. The average molecular weight is 298 g/mol. The first-order valence-electron chi connectivity index (χ1n) is 7.64. The summed E-state index contributed by atoms with van der Waals surface area (Å²) in [5.41, 5.74) is 0. The molecule has 1 rings (SSSR count). The Hall–Kier alpha value is -1.63. The van der Waals surface area contributed by atoms with Crippen LogP contribution in [0.1, 0.15) is 39.5 Å². The van der Waals surface area contributed by atoms with Crippen LogP contribution in [0.25, 0.3) is 0 Å². The first-order valence-corrected chi connectivity index (χ1v) is 7.64. The Morgan fingerprint density at radius 1 is 1.05 bits per heavy atom. The second kappa shape index (κ2) is 9.33. The van der Waals surface area contributed by atoms with Crippen LogP contribution in [0.3, 0.4) is 0 Å². The number of hydrogen-bond acceptors (Lipinski definition) is 4. The molecule has 4 amide bonds. The van der Waals surface area contributed by atoms with E-state index in [4.69, 9.17) is 0 Å². The molecule has 0 bridgehead atoms. The summed E-state index contributed by atoms with van der Waals surface area (Å²) in [5.74, 6) is -0.481. The van der Waals surface area contributed by atoms with Crippen molar-refractivity contribution in [2.45, 2.75) is 45.6 Å². The number of imide groups is 1. The fourth-order valence-corrected chi connectivity index (χ4v) is 1.87. The molecule has 1 aliphatic rings. The second-order valence-corrected chi connectivity index (χ2v) is 5.36. The van der Waals surface area contributed by atoms with E-state index in [1.807, 2.05) is 13.8 Å². The van der Waals surface area contributed by atoms with Crippen molar-refractivity contribution in [2.75, 3.05) is 26.2 Å². The minimum Gasteiger partial charge on any atom is -0.355 e. The number of hydrogen-bond donors (Lipinski definition) is 3. The zero-order valence-electron chi connectivity index (χ0n) is 12.9. The highest BCUT2D eigenvalue weighted by Crippen LogP contribution is 2.18. The van der Waals surface area contributed by atoms with Crippen LogP contribution in [0.15, 0.2) is 0 Å². The molecular weight excluding hydrogens is 272 g/mol. The third-order valence-corrected chi connectivity index (χ3v) is 3.01. The molecule has 3 N–H and O–H groups in total. The van der Waals surface area contributed by atoms with Gasteiger partial charge in [-0.1, -0.05) is 13.8 Å². The Morgan fingerprint density at radius 2 is 1.71 bits per heavy atom. The molecule has 0 unspecified atom stereocenters. The molecule has 1 saturated carbocycles. The van der Waals surface area contributed by atoms with E-state index in [1.165, 1.54) is 0 Å². The Morgan fingerprint density at radius 3 is 2.29 bits per heavy atom. The summed E-state index contributed by atoms with van der Waals surface area (Å²) in [5, 5.41) is 7.76. The molecule has 7 nitrogen and oxygen atoms in total. The van der Waals surface area contributed by atoms with Crippen LogP contribution >= 0.6 is 0 Å². The van der Waals surface area contributed by atoms with E-state index in [0.717, 1.165) is 25.7 Å². The van der Waals surface area contributed by atoms with Crippen molar-refractivity contribution in [3.05, 3.63) is 0 Å². The summed E-state index contributed by atoms with van der Waals surface area (Å²) in [6.45, 7) is 5.45. The molecule has 0 aliphatic heterocycles. The molecule has 0 spiro atoms. The number of rotatable bonds is 9. The highest BCUT2D eigenvalue weighted by atomic mass is 16.2. The first-order chi connectivity index (χ1) is 10.0. The molecule has 0 radical (unpaired) electrons. The smallest absolute Gasteiger partial charge is 0.321 e. The third kappa shape index (κ3) is 8.29. The Labute approximate surface area is 125 Å².